The Labute approximate surface area is 146 Å². The molecule has 8 nitrogen and oxygen atoms in total. The molecule has 1 N–H and O–H groups in total. The molecule has 1 aliphatic heterocycles. The van der Waals surface area contributed by atoms with Gasteiger partial charge in [-0.1, -0.05) is 5.16 Å². The van der Waals surface area contributed by atoms with Gasteiger partial charge in [-0.25, -0.2) is 4.68 Å². The lowest BCUT2D eigenvalue weighted by Crippen LogP contribution is -2.33. The molecule has 3 heterocycles. The zero-order chi connectivity index (χ0) is 17.8. The lowest BCUT2D eigenvalue weighted by molar-refractivity contribution is -0.121. The summed E-state index contributed by atoms with van der Waals surface area (Å²) in [6.07, 6.45) is 3.45. The molecule has 1 fully saturated rings. The third-order valence-corrected chi connectivity index (χ3v) is 4.65. The molecule has 0 radical (unpaired) electrons. The zero-order valence-electron chi connectivity index (χ0n) is 14.9. The average molecular weight is 347 g/mol. The van der Waals surface area contributed by atoms with Gasteiger partial charge in [-0.3, -0.25) is 9.59 Å². The minimum atomic E-state index is -0.271. The summed E-state index contributed by atoms with van der Waals surface area (Å²) in [6, 6.07) is 0. The molecule has 2 aromatic heterocycles. The van der Waals surface area contributed by atoms with Crippen molar-refractivity contribution in [3.05, 3.63) is 21.8 Å². The fourth-order valence-corrected chi connectivity index (χ4v) is 3.33. The number of aryl methyl sites for hydroxylation is 3. The van der Waals surface area contributed by atoms with Gasteiger partial charge in [-0.15, -0.1) is 0 Å². The lowest BCUT2D eigenvalue weighted by Gasteiger charge is -2.14. The van der Waals surface area contributed by atoms with Gasteiger partial charge in [0.05, 0.1) is 11.1 Å². The number of aromatic nitrogens is 3. The summed E-state index contributed by atoms with van der Waals surface area (Å²) in [5.41, 5.74) is 0.746. The highest BCUT2D eigenvalue weighted by atomic mass is 16.5. The smallest absolute Gasteiger partial charge is 0.296 e. The predicted molar refractivity (Wildman–Crippen MR) is 93.5 cm³/mol. The summed E-state index contributed by atoms with van der Waals surface area (Å²) in [5.74, 6) is 0.615. The van der Waals surface area contributed by atoms with E-state index in [4.69, 9.17) is 4.52 Å². The quantitative estimate of drug-likeness (QED) is 0.803. The molecule has 8 heteroatoms. The molecular formula is C17H25N5O3. The van der Waals surface area contributed by atoms with E-state index in [0.717, 1.165) is 19.6 Å². The highest BCUT2D eigenvalue weighted by Crippen LogP contribution is 2.16. The molecule has 0 spiro atoms. The van der Waals surface area contributed by atoms with E-state index >= 15 is 0 Å². The van der Waals surface area contributed by atoms with E-state index in [9.17, 15) is 9.59 Å². The van der Waals surface area contributed by atoms with E-state index in [1.54, 1.807) is 6.92 Å². The van der Waals surface area contributed by atoms with Crippen LogP contribution < -0.4 is 10.9 Å². The van der Waals surface area contributed by atoms with Crippen molar-refractivity contribution >= 4 is 16.8 Å². The Bertz CT molecular complexity index is 804. The summed E-state index contributed by atoms with van der Waals surface area (Å²) >= 11 is 0. The number of hydrogen-bond acceptors (Lipinski definition) is 6. The van der Waals surface area contributed by atoms with Gasteiger partial charge in [-0.2, -0.15) is 5.10 Å². The van der Waals surface area contributed by atoms with E-state index in [-0.39, 0.29) is 11.5 Å². The number of hydrogen-bond donors (Lipinski definition) is 1. The van der Waals surface area contributed by atoms with Gasteiger partial charge in [0.15, 0.2) is 5.52 Å². The number of fused-ring (bicyclic) bond motifs is 1. The van der Waals surface area contributed by atoms with Gasteiger partial charge in [-0.05, 0) is 46.2 Å². The van der Waals surface area contributed by atoms with Crippen molar-refractivity contribution in [1.29, 1.82) is 0 Å². The molecule has 2 aromatic rings. The van der Waals surface area contributed by atoms with Crippen LogP contribution in [0.1, 0.15) is 37.1 Å². The second kappa shape index (κ2) is 7.77. The molecule has 25 heavy (non-hydrogen) atoms. The first-order chi connectivity index (χ1) is 12.1. The number of nitrogens with one attached hydrogen (secondary N) is 1. The zero-order valence-corrected chi connectivity index (χ0v) is 14.9. The molecule has 0 aromatic carbocycles. The first kappa shape index (κ1) is 17.6. The van der Waals surface area contributed by atoms with Crippen molar-refractivity contribution in [2.45, 2.75) is 46.1 Å². The topological polar surface area (TPSA) is 93.3 Å². The van der Waals surface area contributed by atoms with Gasteiger partial charge < -0.3 is 14.7 Å². The number of likely N-dealkylation sites (tertiary alicyclic amines) is 1. The highest BCUT2D eigenvalue weighted by Gasteiger charge is 2.15. The maximum Gasteiger partial charge on any atom is 0.296 e. The van der Waals surface area contributed by atoms with Crippen LogP contribution in [-0.2, 0) is 11.3 Å². The van der Waals surface area contributed by atoms with Gasteiger partial charge in [0, 0.05) is 26.1 Å². The Kier molecular flexibility index (Phi) is 5.47. The Morgan fingerprint density at radius 3 is 2.76 bits per heavy atom. The largest absolute Gasteiger partial charge is 0.360 e. The molecule has 0 atom stereocenters. The molecule has 1 amide bonds. The van der Waals surface area contributed by atoms with Gasteiger partial charge in [0.1, 0.15) is 5.76 Å². The molecule has 1 aliphatic rings. The van der Waals surface area contributed by atoms with Crippen LogP contribution in [0, 0.1) is 13.8 Å². The molecule has 0 bridgehead atoms. The number of carbonyl (C=O) groups is 1. The summed E-state index contributed by atoms with van der Waals surface area (Å²) in [7, 11) is 0. The first-order valence-corrected chi connectivity index (χ1v) is 8.89. The number of rotatable bonds is 7. The van der Waals surface area contributed by atoms with Crippen molar-refractivity contribution in [2.75, 3.05) is 26.2 Å². The third kappa shape index (κ3) is 4.07. The van der Waals surface area contributed by atoms with Crippen LogP contribution in [0.4, 0.5) is 0 Å². The van der Waals surface area contributed by atoms with Crippen molar-refractivity contribution in [3.8, 4) is 0 Å². The molecule has 1 saturated heterocycles. The van der Waals surface area contributed by atoms with Crippen LogP contribution in [0.15, 0.2) is 9.32 Å². The molecular weight excluding hydrogens is 322 g/mol. The van der Waals surface area contributed by atoms with Gasteiger partial charge in [0.25, 0.3) is 5.56 Å². The normalized spacial score (nSPS) is 15.1. The third-order valence-electron chi connectivity index (χ3n) is 4.65. The number of amides is 1. The van der Waals surface area contributed by atoms with E-state index in [1.165, 1.54) is 17.5 Å². The fourth-order valence-electron chi connectivity index (χ4n) is 3.33. The van der Waals surface area contributed by atoms with Crippen molar-refractivity contribution in [2.24, 2.45) is 0 Å². The summed E-state index contributed by atoms with van der Waals surface area (Å²) in [4.78, 5) is 26.6. The van der Waals surface area contributed by atoms with Gasteiger partial charge >= 0.3 is 0 Å². The van der Waals surface area contributed by atoms with E-state index in [1.807, 2.05) is 6.92 Å². The van der Waals surface area contributed by atoms with Crippen LogP contribution in [0.2, 0.25) is 0 Å². The maximum absolute atomic E-state index is 12.4. The van der Waals surface area contributed by atoms with Crippen LogP contribution in [0.5, 0.6) is 0 Å². The van der Waals surface area contributed by atoms with Crippen molar-refractivity contribution in [1.82, 2.24) is 25.2 Å². The highest BCUT2D eigenvalue weighted by molar-refractivity contribution is 5.81. The second-order valence-corrected chi connectivity index (χ2v) is 6.58. The minimum absolute atomic E-state index is 0.0160. The van der Waals surface area contributed by atoms with Crippen LogP contribution >= 0.6 is 0 Å². The maximum atomic E-state index is 12.4. The molecule has 3 rings (SSSR count). The van der Waals surface area contributed by atoms with Gasteiger partial charge in [0.2, 0.25) is 5.91 Å². The predicted octanol–water partition coefficient (Wildman–Crippen LogP) is 0.994. The monoisotopic (exact) mass is 347 g/mol. The summed E-state index contributed by atoms with van der Waals surface area (Å²) in [5, 5.41) is 11.8. The molecule has 0 saturated carbocycles. The van der Waals surface area contributed by atoms with E-state index in [2.05, 4.69) is 20.5 Å². The van der Waals surface area contributed by atoms with Crippen LogP contribution in [-0.4, -0.2) is 51.9 Å². The second-order valence-electron chi connectivity index (χ2n) is 6.58. The van der Waals surface area contributed by atoms with Crippen LogP contribution in [0.25, 0.3) is 10.9 Å². The van der Waals surface area contributed by atoms with Crippen molar-refractivity contribution < 1.29 is 9.32 Å². The number of nitrogens with zero attached hydrogens (tertiary/aromatic N) is 4. The van der Waals surface area contributed by atoms with E-state index < -0.39 is 0 Å². The summed E-state index contributed by atoms with van der Waals surface area (Å²) in [6.45, 7) is 7.84. The average Bonchev–Trinajstić information content (AvgIpc) is 3.22. The standard InChI is InChI=1S/C17H25N5O3/c1-12-15-13(2)25-20-16(15)17(24)22(19-12)10-5-6-14(23)18-7-11-21-8-3-4-9-21/h3-11H2,1-2H3,(H,18,23). The number of carbonyl (C=O) groups excluding carboxylic acids is 1. The lowest BCUT2D eigenvalue weighted by atomic mass is 10.2. The summed E-state index contributed by atoms with van der Waals surface area (Å²) < 4.78 is 6.46. The molecule has 0 unspecified atom stereocenters. The Balaban J connectivity index is 1.48. The molecule has 136 valence electrons. The van der Waals surface area contributed by atoms with Crippen LogP contribution in [0.3, 0.4) is 0 Å². The molecule has 0 aliphatic carbocycles. The van der Waals surface area contributed by atoms with E-state index in [0.29, 0.717) is 48.3 Å². The Hall–Kier alpha value is -2.22. The Morgan fingerprint density at radius 1 is 1.24 bits per heavy atom. The Morgan fingerprint density at radius 2 is 2.00 bits per heavy atom. The fraction of sp³-hybridized carbons (Fsp3) is 0.647. The minimum Gasteiger partial charge on any atom is -0.360 e. The first-order valence-electron chi connectivity index (χ1n) is 8.89. The van der Waals surface area contributed by atoms with Crippen molar-refractivity contribution in [3.63, 3.8) is 0 Å². The SMILES string of the molecule is Cc1nn(CCCC(=O)NCCN2CCCC2)c(=O)c2noc(C)c12.